The zero-order valence-electron chi connectivity index (χ0n) is 8.33. The number of rotatable bonds is 3. The van der Waals surface area contributed by atoms with Crippen molar-refractivity contribution < 1.29 is 18.8 Å². The van der Waals surface area contributed by atoms with Gasteiger partial charge in [0.25, 0.3) is 5.97 Å². The van der Waals surface area contributed by atoms with Gasteiger partial charge >= 0.3 is 5.97 Å². The molecule has 0 saturated carbocycles. The third-order valence-corrected chi connectivity index (χ3v) is 1.49. The predicted octanol–water partition coefficient (Wildman–Crippen LogP) is -0.0445. The Labute approximate surface area is 81.5 Å². The van der Waals surface area contributed by atoms with Crippen molar-refractivity contribution in [3.63, 3.8) is 0 Å². The fraction of sp³-hybridized carbons (Fsp3) is 0.500. The van der Waals surface area contributed by atoms with Gasteiger partial charge in [-0.15, -0.1) is 6.58 Å². The first kappa shape index (κ1) is 14.4. The molecule has 0 aromatic carbocycles. The molecule has 0 N–H and O–H groups in total. The zero-order valence-corrected chi connectivity index (χ0v) is 10.3. The van der Waals surface area contributed by atoms with E-state index < -0.39 is 0 Å². The molecule has 0 aromatic rings. The van der Waals surface area contributed by atoms with Gasteiger partial charge in [0.05, 0.1) is 6.61 Å². The van der Waals surface area contributed by atoms with Crippen molar-refractivity contribution in [2.24, 2.45) is 0 Å². The molecule has 0 rings (SSSR count). The summed E-state index contributed by atoms with van der Waals surface area (Å²) in [6.07, 6.45) is 2.45. The Kier molecular flexibility index (Phi) is 12.1. The van der Waals surface area contributed by atoms with Crippen LogP contribution in [0.25, 0.3) is 0 Å². The van der Waals surface area contributed by atoms with Gasteiger partial charge < -0.3 is 9.16 Å². The van der Waals surface area contributed by atoms with Crippen LogP contribution in [-0.4, -0.2) is 29.0 Å². The first-order valence-corrected chi connectivity index (χ1v) is 4.65. The van der Waals surface area contributed by atoms with Crippen LogP contribution in [0.4, 0.5) is 0 Å². The van der Waals surface area contributed by atoms with Crippen molar-refractivity contribution in [2.75, 3.05) is 6.61 Å². The largest absolute Gasteiger partial charge is 0.529 e. The molecule has 0 aliphatic heterocycles. The third kappa shape index (κ3) is 24.8. The zero-order chi connectivity index (χ0) is 10.7. The summed E-state index contributed by atoms with van der Waals surface area (Å²) in [6.45, 7) is 6.71. The van der Waals surface area contributed by atoms with Crippen molar-refractivity contribution in [1.82, 2.24) is 0 Å². The summed E-state index contributed by atoms with van der Waals surface area (Å²) < 4.78 is 8.82. The van der Waals surface area contributed by atoms with E-state index in [0.717, 1.165) is 6.42 Å². The topological polar surface area (TPSA) is 52.6 Å². The van der Waals surface area contributed by atoms with Crippen LogP contribution >= 0.6 is 0 Å². The van der Waals surface area contributed by atoms with Gasteiger partial charge in [0, 0.05) is 13.8 Å². The number of hydrogen-bond acceptors (Lipinski definition) is 4. The van der Waals surface area contributed by atoms with Crippen molar-refractivity contribution >= 4 is 22.4 Å². The van der Waals surface area contributed by atoms with Crippen LogP contribution in [0.1, 0.15) is 20.3 Å². The Morgan fingerprint density at radius 2 is 1.85 bits per heavy atom. The smallest absolute Gasteiger partial charge is 0.302 e. The molecule has 0 saturated heterocycles. The average Bonchev–Trinajstić information content (AvgIpc) is 2.05. The number of hydrogen-bond donors (Lipinski definition) is 0. The molecule has 0 unspecified atom stereocenters. The van der Waals surface area contributed by atoms with Crippen molar-refractivity contribution in [3.8, 4) is 0 Å². The molecule has 0 heterocycles. The maximum Gasteiger partial charge on any atom is 0.302 e. The molecule has 0 radical (unpaired) electrons. The Hall–Kier alpha value is -1.10. The van der Waals surface area contributed by atoms with Crippen LogP contribution in [0.5, 0.6) is 0 Å². The standard InChI is InChI=1S/C6H10O2.C2H6O2Si/c1-3-4-5-8-6(2)7;1-2(3)4-5/h3H,1,4-5H2,2H3;1,5H3. The van der Waals surface area contributed by atoms with Gasteiger partial charge in [-0.25, -0.2) is 0 Å². The molecular formula is C8H16O4Si. The summed E-state index contributed by atoms with van der Waals surface area (Å²) in [7, 11) is 0.524. The van der Waals surface area contributed by atoms with Crippen LogP contribution in [-0.2, 0) is 18.8 Å². The Balaban J connectivity index is 0. The molecule has 5 heteroatoms. The number of carbonyl (C=O) groups excluding carboxylic acids is 2. The molecule has 0 fully saturated rings. The van der Waals surface area contributed by atoms with Gasteiger partial charge in [0.1, 0.15) is 0 Å². The highest BCUT2D eigenvalue weighted by Gasteiger charge is 1.86. The maximum absolute atomic E-state index is 10.1. The van der Waals surface area contributed by atoms with Gasteiger partial charge in [0.15, 0.2) is 0 Å². The average molecular weight is 204 g/mol. The highest BCUT2D eigenvalue weighted by molar-refractivity contribution is 6.04. The fourth-order valence-electron chi connectivity index (χ4n) is 0.286. The van der Waals surface area contributed by atoms with Gasteiger partial charge in [-0.2, -0.15) is 0 Å². The van der Waals surface area contributed by atoms with Gasteiger partial charge in [0.2, 0.25) is 10.5 Å². The summed E-state index contributed by atoms with van der Waals surface area (Å²) in [5.41, 5.74) is 0. The summed E-state index contributed by atoms with van der Waals surface area (Å²) in [4.78, 5) is 19.7. The summed E-state index contributed by atoms with van der Waals surface area (Å²) >= 11 is 0. The van der Waals surface area contributed by atoms with E-state index in [-0.39, 0.29) is 11.9 Å². The summed E-state index contributed by atoms with van der Waals surface area (Å²) in [5, 5.41) is 0. The lowest BCUT2D eigenvalue weighted by atomic mass is 10.5. The minimum atomic E-state index is -0.230. The first-order chi connectivity index (χ1) is 6.04. The van der Waals surface area contributed by atoms with E-state index in [1.165, 1.54) is 13.8 Å². The van der Waals surface area contributed by atoms with E-state index in [1.807, 2.05) is 0 Å². The molecule has 0 bridgehead atoms. The van der Waals surface area contributed by atoms with E-state index >= 15 is 0 Å². The minimum absolute atomic E-state index is 0.184. The monoisotopic (exact) mass is 204 g/mol. The SMILES string of the molecule is C=CCCOC(C)=O.CC(=O)O[SiH3]. The highest BCUT2D eigenvalue weighted by Crippen LogP contribution is 1.81. The van der Waals surface area contributed by atoms with Gasteiger partial charge in [-0.3, -0.25) is 9.59 Å². The lowest BCUT2D eigenvalue weighted by molar-refractivity contribution is -0.140. The van der Waals surface area contributed by atoms with Crippen molar-refractivity contribution in [2.45, 2.75) is 20.3 Å². The van der Waals surface area contributed by atoms with Crippen LogP contribution in [0.15, 0.2) is 12.7 Å². The number of carbonyl (C=O) groups is 2. The summed E-state index contributed by atoms with van der Waals surface area (Å²) in [5.74, 6) is -0.413. The van der Waals surface area contributed by atoms with Crippen LogP contribution < -0.4 is 0 Å². The van der Waals surface area contributed by atoms with Crippen LogP contribution in [0.3, 0.4) is 0 Å². The molecule has 0 amide bonds. The van der Waals surface area contributed by atoms with Crippen molar-refractivity contribution in [3.05, 3.63) is 12.7 Å². The van der Waals surface area contributed by atoms with E-state index in [2.05, 4.69) is 15.7 Å². The molecule has 0 spiro atoms. The Bertz CT molecular complexity index is 168. The number of ether oxygens (including phenoxy) is 1. The second-order valence-electron chi connectivity index (χ2n) is 2.11. The molecule has 0 atom stereocenters. The minimum Gasteiger partial charge on any atom is -0.529 e. The van der Waals surface area contributed by atoms with E-state index in [1.54, 1.807) is 6.08 Å². The predicted molar refractivity (Wildman–Crippen MR) is 53.2 cm³/mol. The quantitative estimate of drug-likeness (QED) is 0.280. The normalized spacial score (nSPS) is 7.85. The molecule has 0 aromatic heterocycles. The first-order valence-electron chi connectivity index (χ1n) is 3.83. The van der Waals surface area contributed by atoms with E-state index in [0.29, 0.717) is 17.1 Å². The molecule has 0 aliphatic rings. The Morgan fingerprint density at radius 3 is 2.08 bits per heavy atom. The number of esters is 1. The van der Waals surface area contributed by atoms with Crippen LogP contribution in [0, 0.1) is 0 Å². The molecule has 0 aliphatic carbocycles. The van der Waals surface area contributed by atoms with E-state index in [9.17, 15) is 9.59 Å². The van der Waals surface area contributed by atoms with Gasteiger partial charge in [-0.05, 0) is 6.42 Å². The molecule has 4 nitrogen and oxygen atoms in total. The Morgan fingerprint density at radius 1 is 1.38 bits per heavy atom. The summed E-state index contributed by atoms with van der Waals surface area (Å²) in [6, 6.07) is 0. The van der Waals surface area contributed by atoms with Crippen molar-refractivity contribution in [1.29, 1.82) is 0 Å². The third-order valence-electron chi connectivity index (χ3n) is 0.915. The molecule has 76 valence electrons. The highest BCUT2D eigenvalue weighted by atomic mass is 28.2. The fourth-order valence-corrected chi connectivity index (χ4v) is 0.286. The lowest BCUT2D eigenvalue weighted by Crippen LogP contribution is -1.98. The lowest BCUT2D eigenvalue weighted by Gasteiger charge is -1.94. The molecular weight excluding hydrogens is 188 g/mol. The second kappa shape index (κ2) is 10.9. The van der Waals surface area contributed by atoms with Crippen LogP contribution in [0.2, 0.25) is 0 Å². The second-order valence-corrected chi connectivity index (χ2v) is 2.52. The molecule has 13 heavy (non-hydrogen) atoms. The van der Waals surface area contributed by atoms with E-state index in [4.69, 9.17) is 0 Å². The van der Waals surface area contributed by atoms with Gasteiger partial charge in [-0.1, -0.05) is 6.08 Å². The maximum atomic E-state index is 10.1.